The molecule has 0 aliphatic carbocycles. The largest absolute Gasteiger partial charge is 0.383 e. The first-order valence-corrected chi connectivity index (χ1v) is 6.95. The molecule has 3 heterocycles. The zero-order valence-electron chi connectivity index (χ0n) is 11.9. The van der Waals surface area contributed by atoms with E-state index < -0.39 is 0 Å². The van der Waals surface area contributed by atoms with Crippen molar-refractivity contribution in [2.75, 3.05) is 46.4 Å². The second-order valence-electron chi connectivity index (χ2n) is 5.20. The van der Waals surface area contributed by atoms with E-state index in [-0.39, 0.29) is 23.7 Å². The molecule has 0 saturated carbocycles. The summed E-state index contributed by atoms with van der Waals surface area (Å²) in [5.74, 6) is 0.0685. The molecule has 1 aromatic rings. The minimum absolute atomic E-state index is 0.0313. The number of hydrogen-bond acceptors (Lipinski definition) is 5. The Morgan fingerprint density at radius 1 is 1.48 bits per heavy atom. The smallest absolute Gasteiger partial charge is 0.320 e. The summed E-state index contributed by atoms with van der Waals surface area (Å²) in [6.45, 7) is 3.31. The lowest BCUT2D eigenvalue weighted by Crippen LogP contribution is -2.53. The van der Waals surface area contributed by atoms with Gasteiger partial charge in [-0.2, -0.15) is 0 Å². The van der Waals surface area contributed by atoms with Crippen LogP contribution in [0.2, 0.25) is 0 Å². The number of urea groups is 1. The van der Waals surface area contributed by atoms with Crippen molar-refractivity contribution in [2.45, 2.75) is 6.04 Å². The molecule has 3 rings (SSSR count). The first-order chi connectivity index (χ1) is 10.2. The summed E-state index contributed by atoms with van der Waals surface area (Å²) in [6.07, 6.45) is 1.45. The Morgan fingerprint density at radius 2 is 2.33 bits per heavy atom. The van der Waals surface area contributed by atoms with Gasteiger partial charge in [0.15, 0.2) is 0 Å². The van der Waals surface area contributed by atoms with Gasteiger partial charge in [0, 0.05) is 45.9 Å². The third-order valence-electron chi connectivity index (χ3n) is 3.93. The third kappa shape index (κ3) is 2.58. The van der Waals surface area contributed by atoms with Crippen LogP contribution in [-0.4, -0.2) is 84.3 Å². The molecule has 2 saturated heterocycles. The van der Waals surface area contributed by atoms with Crippen molar-refractivity contribution in [3.05, 3.63) is 18.0 Å². The van der Waals surface area contributed by atoms with E-state index >= 15 is 0 Å². The number of methoxy groups -OCH3 is 1. The van der Waals surface area contributed by atoms with Crippen molar-refractivity contribution in [3.8, 4) is 0 Å². The molecule has 0 radical (unpaired) electrons. The summed E-state index contributed by atoms with van der Waals surface area (Å²) in [6, 6.07) is 1.62. The summed E-state index contributed by atoms with van der Waals surface area (Å²) in [7, 11) is 1.62. The van der Waals surface area contributed by atoms with Gasteiger partial charge >= 0.3 is 6.03 Å². The Labute approximate surface area is 122 Å². The molecule has 0 N–H and O–H groups in total. The number of nitrogens with zero attached hydrogens (tertiary/aromatic N) is 4. The Hall–Kier alpha value is -2.09. The lowest BCUT2D eigenvalue weighted by atomic mass is 10.2. The van der Waals surface area contributed by atoms with Crippen LogP contribution in [0, 0.1) is 0 Å². The van der Waals surface area contributed by atoms with Crippen LogP contribution in [0.4, 0.5) is 4.79 Å². The first-order valence-electron chi connectivity index (χ1n) is 6.95. The van der Waals surface area contributed by atoms with E-state index in [9.17, 15) is 9.59 Å². The van der Waals surface area contributed by atoms with Gasteiger partial charge in [-0.25, -0.2) is 4.79 Å². The number of carbonyl (C=O) groups excluding carboxylic acids is 2. The Bertz CT molecular complexity index is 518. The van der Waals surface area contributed by atoms with Crippen LogP contribution >= 0.6 is 0 Å². The lowest BCUT2D eigenvalue weighted by Gasteiger charge is -2.35. The molecule has 0 aromatic carbocycles. The monoisotopic (exact) mass is 294 g/mol. The fraction of sp³-hybridized carbons (Fsp3) is 0.615. The molecule has 0 spiro atoms. The standard InChI is InChI=1S/C13H18N4O4/c1-20-7-6-16-9-10-8-15(4-5-17(10)13(16)19)12(18)11-2-3-14-21-11/h2-3,10H,4-9H2,1H3/t10-/m1/s1. The number of hydrogen-bond donors (Lipinski definition) is 0. The van der Waals surface area contributed by atoms with Crippen molar-refractivity contribution in [3.63, 3.8) is 0 Å². The predicted octanol–water partition coefficient (Wildman–Crippen LogP) is -0.117. The van der Waals surface area contributed by atoms with E-state index in [0.29, 0.717) is 39.3 Å². The average molecular weight is 294 g/mol. The van der Waals surface area contributed by atoms with Gasteiger partial charge in [0.2, 0.25) is 5.76 Å². The average Bonchev–Trinajstić information content (AvgIpc) is 3.13. The van der Waals surface area contributed by atoms with E-state index in [1.807, 2.05) is 4.90 Å². The lowest BCUT2D eigenvalue weighted by molar-refractivity contribution is 0.0577. The molecule has 2 fully saturated rings. The molecule has 8 heteroatoms. The molecule has 1 atom stereocenters. The molecule has 2 aliphatic heterocycles. The van der Waals surface area contributed by atoms with E-state index in [0.717, 1.165) is 0 Å². The van der Waals surface area contributed by atoms with Crippen LogP contribution in [0.25, 0.3) is 0 Å². The zero-order valence-corrected chi connectivity index (χ0v) is 11.9. The number of fused-ring (bicyclic) bond motifs is 1. The molecule has 2 aliphatic rings. The van der Waals surface area contributed by atoms with Crippen molar-refractivity contribution in [1.29, 1.82) is 0 Å². The number of amides is 3. The molecule has 3 amide bonds. The molecular weight excluding hydrogens is 276 g/mol. The number of piperazine rings is 1. The normalized spacial score (nSPS) is 21.9. The second kappa shape index (κ2) is 5.72. The van der Waals surface area contributed by atoms with Crippen molar-refractivity contribution in [2.24, 2.45) is 0 Å². The molecule has 114 valence electrons. The highest BCUT2D eigenvalue weighted by molar-refractivity contribution is 5.91. The van der Waals surface area contributed by atoms with Crippen LogP contribution in [0.5, 0.6) is 0 Å². The maximum Gasteiger partial charge on any atom is 0.320 e. The van der Waals surface area contributed by atoms with Gasteiger partial charge in [-0.15, -0.1) is 0 Å². The fourth-order valence-electron chi connectivity index (χ4n) is 2.83. The van der Waals surface area contributed by atoms with Crippen molar-refractivity contribution < 1.29 is 18.8 Å². The van der Waals surface area contributed by atoms with Gasteiger partial charge in [-0.1, -0.05) is 5.16 Å². The topological polar surface area (TPSA) is 79.1 Å². The van der Waals surface area contributed by atoms with Gasteiger partial charge in [0.25, 0.3) is 5.91 Å². The predicted molar refractivity (Wildman–Crippen MR) is 71.7 cm³/mol. The van der Waals surface area contributed by atoms with E-state index in [4.69, 9.17) is 9.26 Å². The maximum atomic E-state index is 12.2. The van der Waals surface area contributed by atoms with E-state index in [2.05, 4.69) is 5.16 Å². The zero-order chi connectivity index (χ0) is 14.8. The van der Waals surface area contributed by atoms with E-state index in [1.165, 1.54) is 6.20 Å². The first kappa shape index (κ1) is 13.9. The van der Waals surface area contributed by atoms with Gasteiger partial charge < -0.3 is 24.0 Å². The summed E-state index contributed by atoms with van der Waals surface area (Å²) >= 11 is 0. The Balaban J connectivity index is 1.63. The van der Waals surface area contributed by atoms with E-state index in [1.54, 1.807) is 23.0 Å². The third-order valence-corrected chi connectivity index (χ3v) is 3.93. The number of aromatic nitrogens is 1. The summed E-state index contributed by atoms with van der Waals surface area (Å²) in [4.78, 5) is 29.8. The summed E-state index contributed by atoms with van der Waals surface area (Å²) < 4.78 is 9.92. The quantitative estimate of drug-likeness (QED) is 0.773. The highest BCUT2D eigenvalue weighted by atomic mass is 16.5. The van der Waals surface area contributed by atoms with Gasteiger partial charge in [0.1, 0.15) is 0 Å². The summed E-state index contributed by atoms with van der Waals surface area (Å²) in [5, 5.41) is 3.55. The molecule has 0 bridgehead atoms. The van der Waals surface area contributed by atoms with Gasteiger partial charge in [-0.3, -0.25) is 4.79 Å². The van der Waals surface area contributed by atoms with Gasteiger partial charge in [-0.05, 0) is 0 Å². The molecule has 8 nitrogen and oxygen atoms in total. The summed E-state index contributed by atoms with van der Waals surface area (Å²) in [5.41, 5.74) is 0. The van der Waals surface area contributed by atoms with Crippen molar-refractivity contribution in [1.82, 2.24) is 19.9 Å². The molecule has 0 unspecified atom stereocenters. The highest BCUT2D eigenvalue weighted by Crippen LogP contribution is 2.21. The SMILES string of the molecule is COCCN1C[C@H]2CN(C(=O)c3ccno3)CCN2C1=O. The molecule has 21 heavy (non-hydrogen) atoms. The van der Waals surface area contributed by atoms with Crippen LogP contribution in [-0.2, 0) is 4.74 Å². The molecule has 1 aromatic heterocycles. The van der Waals surface area contributed by atoms with Crippen LogP contribution in [0.15, 0.2) is 16.8 Å². The maximum absolute atomic E-state index is 12.2. The Kier molecular flexibility index (Phi) is 3.78. The van der Waals surface area contributed by atoms with Gasteiger partial charge in [0.05, 0.1) is 18.8 Å². The van der Waals surface area contributed by atoms with Crippen LogP contribution in [0.1, 0.15) is 10.6 Å². The van der Waals surface area contributed by atoms with Crippen LogP contribution < -0.4 is 0 Å². The number of carbonyl (C=O) groups is 2. The molecular formula is C13H18N4O4. The van der Waals surface area contributed by atoms with Crippen molar-refractivity contribution >= 4 is 11.9 Å². The second-order valence-corrected chi connectivity index (χ2v) is 5.20. The van der Waals surface area contributed by atoms with Crippen LogP contribution in [0.3, 0.4) is 0 Å². The number of rotatable bonds is 4. The highest BCUT2D eigenvalue weighted by Gasteiger charge is 2.41. The number of ether oxygens (including phenoxy) is 1. The minimum atomic E-state index is -0.171. The Morgan fingerprint density at radius 3 is 3.05 bits per heavy atom. The minimum Gasteiger partial charge on any atom is -0.383 e. The fourth-order valence-corrected chi connectivity index (χ4v) is 2.83.